The summed E-state index contributed by atoms with van der Waals surface area (Å²) in [7, 11) is 0. The van der Waals surface area contributed by atoms with Crippen LogP contribution in [0.15, 0.2) is 133 Å². The average molecular weight is 565 g/mol. The van der Waals surface area contributed by atoms with Crippen LogP contribution in [-0.4, -0.2) is 9.97 Å². The SMILES string of the molecule is CC1(C)c2ccccc2-c2cc(-c3cc(-c4ccc5c(c4)-c4cccc6cccc(c46)O5)nc(-c4ccccc4)n3)ccc21. The van der Waals surface area contributed by atoms with Gasteiger partial charge in [-0.05, 0) is 69.6 Å². The summed E-state index contributed by atoms with van der Waals surface area (Å²) in [5.74, 6) is 2.47. The number of aromatic nitrogens is 2. The molecule has 0 fully saturated rings. The summed E-state index contributed by atoms with van der Waals surface area (Å²) in [6, 6.07) is 47.0. The van der Waals surface area contributed by atoms with Gasteiger partial charge in [0.25, 0.3) is 0 Å². The standard InChI is InChI=1S/C41H28N2O/c1-41(2)33-16-7-6-14-29(33)31-22-27(18-20-34(31)41)35-24-36(43-40(42-35)26-10-4-3-5-11-26)28-19-21-37-32(23-28)30-15-8-12-25-13-9-17-38(44-37)39(25)30/h3-24H,1-2H3. The minimum atomic E-state index is -0.0385. The summed E-state index contributed by atoms with van der Waals surface area (Å²) in [6.45, 7) is 4.62. The van der Waals surface area contributed by atoms with Crippen molar-refractivity contribution in [3.63, 3.8) is 0 Å². The van der Waals surface area contributed by atoms with E-state index in [1.807, 2.05) is 30.3 Å². The maximum atomic E-state index is 6.38. The molecule has 0 saturated heterocycles. The number of fused-ring (bicyclic) bond motifs is 5. The van der Waals surface area contributed by atoms with E-state index in [1.54, 1.807) is 0 Å². The van der Waals surface area contributed by atoms with Crippen LogP contribution >= 0.6 is 0 Å². The molecule has 1 aromatic heterocycles. The molecule has 0 spiro atoms. The summed E-state index contributed by atoms with van der Waals surface area (Å²) >= 11 is 0. The van der Waals surface area contributed by atoms with Crippen molar-refractivity contribution in [1.29, 1.82) is 0 Å². The Bertz CT molecular complexity index is 2280. The highest BCUT2D eigenvalue weighted by Crippen LogP contribution is 2.50. The Hall–Kier alpha value is -5.54. The van der Waals surface area contributed by atoms with E-state index < -0.39 is 0 Å². The highest BCUT2D eigenvalue weighted by atomic mass is 16.5. The van der Waals surface area contributed by atoms with Gasteiger partial charge in [-0.25, -0.2) is 9.97 Å². The molecule has 0 N–H and O–H groups in total. The van der Waals surface area contributed by atoms with Gasteiger partial charge in [0, 0.05) is 33.1 Å². The normalized spacial score (nSPS) is 13.6. The van der Waals surface area contributed by atoms with Crippen LogP contribution in [-0.2, 0) is 5.41 Å². The Morgan fingerprint density at radius 3 is 1.95 bits per heavy atom. The predicted molar refractivity (Wildman–Crippen MR) is 179 cm³/mol. The van der Waals surface area contributed by atoms with Gasteiger partial charge >= 0.3 is 0 Å². The maximum absolute atomic E-state index is 6.38. The van der Waals surface area contributed by atoms with Gasteiger partial charge in [-0.15, -0.1) is 0 Å². The zero-order valence-electron chi connectivity index (χ0n) is 24.5. The van der Waals surface area contributed by atoms with Crippen LogP contribution in [0, 0.1) is 0 Å². The molecule has 0 saturated carbocycles. The number of hydrogen-bond acceptors (Lipinski definition) is 3. The second kappa shape index (κ2) is 9.23. The first-order chi connectivity index (χ1) is 21.5. The van der Waals surface area contributed by atoms with Crippen LogP contribution in [0.5, 0.6) is 11.5 Å². The van der Waals surface area contributed by atoms with Crippen molar-refractivity contribution in [3.05, 3.63) is 145 Å². The number of nitrogens with zero attached hydrogens (tertiary/aromatic N) is 2. The number of hydrogen-bond donors (Lipinski definition) is 0. The van der Waals surface area contributed by atoms with E-state index in [-0.39, 0.29) is 5.41 Å². The molecule has 1 aliphatic heterocycles. The molecule has 0 bridgehead atoms. The Labute approximate surface area is 256 Å². The molecule has 0 amide bonds. The van der Waals surface area contributed by atoms with Crippen molar-refractivity contribution >= 4 is 10.8 Å². The molecule has 44 heavy (non-hydrogen) atoms. The molecular weight excluding hydrogens is 536 g/mol. The fourth-order valence-electron chi connectivity index (χ4n) is 7.06. The quantitative estimate of drug-likeness (QED) is 0.214. The molecule has 2 heterocycles. The van der Waals surface area contributed by atoms with E-state index in [0.717, 1.165) is 50.5 Å². The molecule has 3 heteroatoms. The van der Waals surface area contributed by atoms with Gasteiger partial charge in [0.2, 0.25) is 0 Å². The Morgan fingerprint density at radius 1 is 0.477 bits per heavy atom. The van der Waals surface area contributed by atoms with Gasteiger partial charge < -0.3 is 4.74 Å². The Balaban J connectivity index is 1.23. The third kappa shape index (κ3) is 3.69. The molecule has 6 aromatic carbocycles. The second-order valence-electron chi connectivity index (χ2n) is 12.2. The van der Waals surface area contributed by atoms with E-state index in [1.165, 1.54) is 33.2 Å². The Morgan fingerprint density at radius 2 is 1.14 bits per heavy atom. The molecule has 0 atom stereocenters. The summed E-state index contributed by atoms with van der Waals surface area (Å²) in [5, 5.41) is 2.32. The molecule has 2 aliphatic rings. The zero-order chi connectivity index (χ0) is 29.4. The van der Waals surface area contributed by atoms with Crippen molar-refractivity contribution in [1.82, 2.24) is 9.97 Å². The Kier molecular flexibility index (Phi) is 5.24. The fourth-order valence-corrected chi connectivity index (χ4v) is 7.06. The van der Waals surface area contributed by atoms with Crippen molar-refractivity contribution in [2.75, 3.05) is 0 Å². The van der Waals surface area contributed by atoms with Crippen LogP contribution in [0.4, 0.5) is 0 Å². The molecule has 0 unspecified atom stereocenters. The van der Waals surface area contributed by atoms with E-state index >= 15 is 0 Å². The fraction of sp³-hybridized carbons (Fsp3) is 0.0732. The van der Waals surface area contributed by atoms with Crippen molar-refractivity contribution in [2.24, 2.45) is 0 Å². The van der Waals surface area contributed by atoms with Crippen molar-refractivity contribution < 1.29 is 4.74 Å². The lowest BCUT2D eigenvalue weighted by molar-refractivity contribution is 0.487. The van der Waals surface area contributed by atoms with Crippen molar-refractivity contribution in [3.8, 4) is 67.7 Å². The maximum Gasteiger partial charge on any atom is 0.160 e. The number of benzene rings is 6. The van der Waals surface area contributed by atoms with Crippen LogP contribution in [0.2, 0.25) is 0 Å². The largest absolute Gasteiger partial charge is 0.456 e. The van der Waals surface area contributed by atoms with Gasteiger partial charge in [-0.3, -0.25) is 0 Å². The van der Waals surface area contributed by atoms with Crippen LogP contribution in [0.3, 0.4) is 0 Å². The lowest BCUT2D eigenvalue weighted by atomic mass is 9.82. The van der Waals surface area contributed by atoms with Crippen LogP contribution in [0.25, 0.3) is 66.9 Å². The minimum absolute atomic E-state index is 0.0385. The lowest BCUT2D eigenvalue weighted by Gasteiger charge is -2.22. The van der Waals surface area contributed by atoms with Gasteiger partial charge in [0.05, 0.1) is 11.4 Å². The summed E-state index contributed by atoms with van der Waals surface area (Å²) in [4.78, 5) is 10.3. The van der Waals surface area contributed by atoms with Gasteiger partial charge in [-0.1, -0.05) is 111 Å². The summed E-state index contributed by atoms with van der Waals surface area (Å²) in [6.07, 6.45) is 0. The van der Waals surface area contributed by atoms with E-state index in [0.29, 0.717) is 5.82 Å². The highest BCUT2D eigenvalue weighted by molar-refractivity contribution is 6.04. The van der Waals surface area contributed by atoms with E-state index in [2.05, 4.69) is 117 Å². The molecule has 208 valence electrons. The number of ether oxygens (including phenoxy) is 1. The van der Waals surface area contributed by atoms with Gasteiger partial charge in [0.1, 0.15) is 11.5 Å². The number of rotatable bonds is 3. The summed E-state index contributed by atoms with van der Waals surface area (Å²) in [5.41, 5.74) is 12.4. The monoisotopic (exact) mass is 564 g/mol. The average Bonchev–Trinajstić information content (AvgIpc) is 3.31. The third-order valence-electron chi connectivity index (χ3n) is 9.29. The molecule has 3 nitrogen and oxygen atoms in total. The van der Waals surface area contributed by atoms with Crippen LogP contribution < -0.4 is 4.74 Å². The smallest absolute Gasteiger partial charge is 0.160 e. The van der Waals surface area contributed by atoms with Crippen molar-refractivity contribution in [2.45, 2.75) is 19.3 Å². The van der Waals surface area contributed by atoms with Gasteiger partial charge in [-0.2, -0.15) is 0 Å². The molecule has 7 aromatic rings. The van der Waals surface area contributed by atoms with E-state index in [9.17, 15) is 0 Å². The molecular formula is C41H28N2O. The first-order valence-corrected chi connectivity index (χ1v) is 15.1. The second-order valence-corrected chi connectivity index (χ2v) is 12.2. The third-order valence-corrected chi connectivity index (χ3v) is 9.29. The zero-order valence-corrected chi connectivity index (χ0v) is 24.5. The van der Waals surface area contributed by atoms with E-state index in [4.69, 9.17) is 14.7 Å². The molecule has 0 radical (unpaired) electrons. The first kappa shape index (κ1) is 25.0. The topological polar surface area (TPSA) is 35.0 Å². The summed E-state index contributed by atoms with van der Waals surface area (Å²) < 4.78 is 6.38. The molecule has 1 aliphatic carbocycles. The minimum Gasteiger partial charge on any atom is -0.456 e. The van der Waals surface area contributed by atoms with Gasteiger partial charge in [0.15, 0.2) is 5.82 Å². The predicted octanol–water partition coefficient (Wildman–Crippen LogP) is 10.7. The highest BCUT2D eigenvalue weighted by Gasteiger charge is 2.35. The molecule has 9 rings (SSSR count). The first-order valence-electron chi connectivity index (χ1n) is 15.1. The van der Waals surface area contributed by atoms with Crippen LogP contribution in [0.1, 0.15) is 25.0 Å². The lowest BCUT2D eigenvalue weighted by Crippen LogP contribution is -2.14.